The van der Waals surface area contributed by atoms with Crippen LogP contribution in [0.1, 0.15) is 284 Å². The summed E-state index contributed by atoms with van der Waals surface area (Å²) in [4.78, 5) is 38.2. The second-order valence-corrected chi connectivity index (χ2v) is 19.6. The van der Waals surface area contributed by atoms with E-state index in [9.17, 15) is 14.4 Å². The smallest absolute Gasteiger partial charge is 0.306 e. The van der Waals surface area contributed by atoms with Crippen molar-refractivity contribution in [2.45, 2.75) is 290 Å². The highest BCUT2D eigenvalue weighted by molar-refractivity contribution is 5.71. The van der Waals surface area contributed by atoms with Gasteiger partial charge in [0.1, 0.15) is 13.2 Å². The number of rotatable bonds is 53. The summed E-state index contributed by atoms with van der Waals surface area (Å²) in [6.45, 7) is 6.49. The summed E-state index contributed by atoms with van der Waals surface area (Å²) in [5.41, 5.74) is 0. The second kappa shape index (κ2) is 58.2. The molecule has 0 bridgehead atoms. The van der Waals surface area contributed by atoms with E-state index in [1.807, 2.05) is 0 Å². The molecule has 0 spiro atoms. The Hall–Kier alpha value is -3.41. The van der Waals surface area contributed by atoms with E-state index in [1.165, 1.54) is 141 Å². The molecule has 0 rings (SSSR count). The van der Waals surface area contributed by atoms with Gasteiger partial charge in [0.15, 0.2) is 6.10 Å². The quantitative estimate of drug-likeness (QED) is 0.0199. The van der Waals surface area contributed by atoms with Crippen molar-refractivity contribution < 1.29 is 28.6 Å². The average molecular weight is 976 g/mol. The molecule has 0 amide bonds. The van der Waals surface area contributed by atoms with Gasteiger partial charge in [-0.2, -0.15) is 0 Å². The Bertz CT molecular complexity index is 1350. The van der Waals surface area contributed by atoms with Crippen molar-refractivity contribution in [1.29, 1.82) is 0 Å². The molecular weight excluding hydrogens is 865 g/mol. The van der Waals surface area contributed by atoms with Crippen molar-refractivity contribution in [2.24, 2.45) is 0 Å². The Labute approximate surface area is 433 Å². The molecule has 6 nitrogen and oxygen atoms in total. The zero-order valence-electron chi connectivity index (χ0n) is 46.0. The van der Waals surface area contributed by atoms with Crippen molar-refractivity contribution in [2.75, 3.05) is 13.2 Å². The van der Waals surface area contributed by atoms with Crippen LogP contribution in [-0.2, 0) is 28.6 Å². The average Bonchev–Trinajstić information content (AvgIpc) is 3.36. The highest BCUT2D eigenvalue weighted by Crippen LogP contribution is 2.15. The monoisotopic (exact) mass is 975 g/mol. The number of esters is 3. The number of carbonyl (C=O) groups excluding carboxylic acids is 3. The zero-order chi connectivity index (χ0) is 50.7. The van der Waals surface area contributed by atoms with Crippen LogP contribution >= 0.6 is 0 Å². The lowest BCUT2D eigenvalue weighted by Gasteiger charge is -2.18. The van der Waals surface area contributed by atoms with Crippen LogP contribution in [0.2, 0.25) is 0 Å². The van der Waals surface area contributed by atoms with E-state index in [-0.39, 0.29) is 31.1 Å². The van der Waals surface area contributed by atoms with Crippen molar-refractivity contribution in [3.8, 4) is 0 Å². The summed E-state index contributed by atoms with van der Waals surface area (Å²) in [6.07, 6.45) is 75.7. The fourth-order valence-corrected chi connectivity index (χ4v) is 8.20. The van der Waals surface area contributed by atoms with Crippen molar-refractivity contribution in [3.63, 3.8) is 0 Å². The van der Waals surface area contributed by atoms with E-state index in [0.717, 1.165) is 103 Å². The van der Waals surface area contributed by atoms with Gasteiger partial charge < -0.3 is 14.2 Å². The standard InChI is InChI=1S/C64H110O6/c1-4-7-10-13-16-19-22-25-28-30-32-34-36-39-42-45-48-51-54-57-63(66)69-60-61(59-68-62(65)56-53-50-47-44-41-38-35-27-24-21-18-15-12-9-6-3)70-64(67)58-55-52-49-46-43-40-37-33-31-29-26-23-20-17-14-11-8-5-2/h7,10,16,18-19,21,24-25,27-29,31,33,37,61H,4-6,8-9,11-15,17,20,22-23,26,30,32,34-36,38-60H2,1-3H3/b10-7-,19-16-,21-18-,27-24-,28-25-,31-29-,37-33-. The maximum atomic E-state index is 12.9. The van der Waals surface area contributed by atoms with Gasteiger partial charge in [-0.3, -0.25) is 14.4 Å². The minimum absolute atomic E-state index is 0.0894. The topological polar surface area (TPSA) is 78.9 Å². The van der Waals surface area contributed by atoms with E-state index < -0.39 is 6.10 Å². The molecule has 402 valence electrons. The fourth-order valence-electron chi connectivity index (χ4n) is 8.20. The maximum absolute atomic E-state index is 12.9. The van der Waals surface area contributed by atoms with Crippen LogP contribution in [0, 0.1) is 0 Å². The number of unbranched alkanes of at least 4 members (excludes halogenated alkanes) is 30. The third-order valence-electron chi connectivity index (χ3n) is 12.7. The summed E-state index contributed by atoms with van der Waals surface area (Å²) in [6, 6.07) is 0. The molecule has 0 aromatic rings. The molecule has 0 aliphatic rings. The predicted molar refractivity (Wildman–Crippen MR) is 302 cm³/mol. The molecule has 0 N–H and O–H groups in total. The first-order chi connectivity index (χ1) is 34.5. The molecule has 0 heterocycles. The summed E-state index contributed by atoms with van der Waals surface area (Å²) >= 11 is 0. The molecule has 0 fully saturated rings. The summed E-state index contributed by atoms with van der Waals surface area (Å²) < 4.78 is 16.9. The molecule has 1 unspecified atom stereocenters. The molecule has 0 radical (unpaired) electrons. The molecule has 6 heteroatoms. The third-order valence-corrected chi connectivity index (χ3v) is 12.7. The Morgan fingerprint density at radius 2 is 0.600 bits per heavy atom. The summed E-state index contributed by atoms with van der Waals surface area (Å²) in [7, 11) is 0. The Balaban J connectivity index is 4.43. The maximum Gasteiger partial charge on any atom is 0.306 e. The zero-order valence-corrected chi connectivity index (χ0v) is 46.0. The molecule has 0 saturated carbocycles. The largest absolute Gasteiger partial charge is 0.462 e. The van der Waals surface area contributed by atoms with E-state index >= 15 is 0 Å². The van der Waals surface area contributed by atoms with Gasteiger partial charge in [-0.15, -0.1) is 0 Å². The van der Waals surface area contributed by atoms with Crippen molar-refractivity contribution in [3.05, 3.63) is 85.1 Å². The predicted octanol–water partition coefficient (Wildman–Crippen LogP) is 19.9. The van der Waals surface area contributed by atoms with Gasteiger partial charge in [0.25, 0.3) is 0 Å². The lowest BCUT2D eigenvalue weighted by atomic mass is 10.1. The van der Waals surface area contributed by atoms with Gasteiger partial charge >= 0.3 is 17.9 Å². The number of carbonyl (C=O) groups is 3. The molecule has 1 atom stereocenters. The van der Waals surface area contributed by atoms with Crippen LogP contribution in [0.4, 0.5) is 0 Å². The van der Waals surface area contributed by atoms with E-state index in [4.69, 9.17) is 14.2 Å². The number of ether oxygens (including phenoxy) is 3. The Kier molecular flexibility index (Phi) is 55.3. The molecule has 0 saturated heterocycles. The van der Waals surface area contributed by atoms with Crippen LogP contribution in [0.5, 0.6) is 0 Å². The molecule has 0 aliphatic carbocycles. The molecule has 70 heavy (non-hydrogen) atoms. The number of hydrogen-bond acceptors (Lipinski definition) is 6. The lowest BCUT2D eigenvalue weighted by molar-refractivity contribution is -0.167. The highest BCUT2D eigenvalue weighted by atomic mass is 16.6. The second-order valence-electron chi connectivity index (χ2n) is 19.6. The van der Waals surface area contributed by atoms with Crippen molar-refractivity contribution in [1.82, 2.24) is 0 Å². The van der Waals surface area contributed by atoms with Gasteiger partial charge in [0, 0.05) is 19.3 Å². The van der Waals surface area contributed by atoms with Gasteiger partial charge in [-0.05, 0) is 103 Å². The minimum Gasteiger partial charge on any atom is -0.462 e. The first-order valence-corrected chi connectivity index (χ1v) is 29.6. The fraction of sp³-hybridized carbons (Fsp3) is 0.734. The normalized spacial score (nSPS) is 12.7. The third kappa shape index (κ3) is 55.5. The van der Waals surface area contributed by atoms with Gasteiger partial charge in [0.05, 0.1) is 0 Å². The van der Waals surface area contributed by atoms with Gasteiger partial charge in [0.2, 0.25) is 0 Å². The van der Waals surface area contributed by atoms with Gasteiger partial charge in [-0.1, -0.05) is 247 Å². The summed E-state index contributed by atoms with van der Waals surface area (Å²) in [5.74, 6) is -0.914. The van der Waals surface area contributed by atoms with Crippen LogP contribution < -0.4 is 0 Å². The lowest BCUT2D eigenvalue weighted by Crippen LogP contribution is -2.30. The van der Waals surface area contributed by atoms with Crippen LogP contribution in [0.3, 0.4) is 0 Å². The first kappa shape index (κ1) is 66.6. The number of allylic oxidation sites excluding steroid dienone is 14. The van der Waals surface area contributed by atoms with E-state index in [0.29, 0.717) is 19.3 Å². The van der Waals surface area contributed by atoms with Crippen LogP contribution in [0.15, 0.2) is 85.1 Å². The van der Waals surface area contributed by atoms with Crippen LogP contribution in [-0.4, -0.2) is 37.2 Å². The van der Waals surface area contributed by atoms with Gasteiger partial charge in [-0.25, -0.2) is 0 Å². The van der Waals surface area contributed by atoms with Crippen molar-refractivity contribution >= 4 is 17.9 Å². The number of hydrogen-bond donors (Lipinski definition) is 0. The Morgan fingerprint density at radius 1 is 0.314 bits per heavy atom. The van der Waals surface area contributed by atoms with Crippen LogP contribution in [0.25, 0.3) is 0 Å². The molecule has 0 aromatic heterocycles. The van der Waals surface area contributed by atoms with E-state index in [1.54, 1.807) is 0 Å². The van der Waals surface area contributed by atoms with E-state index in [2.05, 4.69) is 106 Å². The molecule has 0 aromatic carbocycles. The first-order valence-electron chi connectivity index (χ1n) is 29.6. The molecule has 0 aliphatic heterocycles. The molecular formula is C64H110O6. The Morgan fingerprint density at radius 3 is 0.986 bits per heavy atom. The summed E-state index contributed by atoms with van der Waals surface area (Å²) in [5, 5.41) is 0. The SMILES string of the molecule is CC/C=C\C/C=C\C/C=C\CCCCCCCCCCCC(=O)OCC(COC(=O)CCCCCCCC/C=C\C=C/CCCCC)OC(=O)CCCCCCC/C=C\C=C/CCCCCCCCC. The minimum atomic E-state index is -0.793. The highest BCUT2D eigenvalue weighted by Gasteiger charge is 2.19.